The molecule has 0 bridgehead atoms. The number of halogens is 1. The van der Waals surface area contributed by atoms with Crippen molar-refractivity contribution in [2.75, 3.05) is 25.0 Å². The maximum absolute atomic E-state index is 5.54. The minimum atomic E-state index is 0.611. The van der Waals surface area contributed by atoms with Crippen LogP contribution in [-0.2, 0) is 12.8 Å². The fraction of sp³-hybridized carbons (Fsp3) is 0.600. The summed E-state index contributed by atoms with van der Waals surface area (Å²) in [6.45, 7) is 7.62. The summed E-state index contributed by atoms with van der Waals surface area (Å²) in [5.74, 6) is 1.08. The highest BCUT2D eigenvalue weighted by Gasteiger charge is 2.13. The predicted octanol–water partition coefficient (Wildman–Crippen LogP) is 3.27. The van der Waals surface area contributed by atoms with Crippen LogP contribution >= 0.6 is 15.9 Å². The maximum atomic E-state index is 5.54. The highest BCUT2D eigenvalue weighted by Crippen LogP contribution is 2.26. The van der Waals surface area contributed by atoms with Crippen LogP contribution in [0.3, 0.4) is 0 Å². The van der Waals surface area contributed by atoms with E-state index in [2.05, 4.69) is 52.9 Å². The molecular weight excluding hydrogens is 290 g/mol. The van der Waals surface area contributed by atoms with Crippen LogP contribution in [0, 0.1) is 0 Å². The lowest BCUT2D eigenvalue weighted by molar-refractivity contribution is 0.239. The van der Waals surface area contributed by atoms with Crippen LogP contribution in [-0.4, -0.2) is 36.0 Å². The average molecular weight is 312 g/mol. The third kappa shape index (κ3) is 3.48. The molecule has 0 saturated heterocycles. The highest BCUT2D eigenvalue weighted by atomic mass is 79.9. The van der Waals surface area contributed by atoms with Gasteiger partial charge in [0.15, 0.2) is 0 Å². The Morgan fingerprint density at radius 3 is 2.89 bits per heavy atom. The van der Waals surface area contributed by atoms with Crippen molar-refractivity contribution < 1.29 is 4.74 Å². The fourth-order valence-corrected chi connectivity index (χ4v) is 2.86. The fourth-order valence-electron chi connectivity index (χ4n) is 2.40. The van der Waals surface area contributed by atoms with E-state index in [0.29, 0.717) is 6.04 Å². The van der Waals surface area contributed by atoms with Gasteiger partial charge < -0.3 is 4.74 Å². The van der Waals surface area contributed by atoms with Crippen molar-refractivity contribution in [3.8, 4) is 5.75 Å². The molecule has 1 aromatic carbocycles. The number of hydrogen-bond donors (Lipinski definition) is 0. The first-order chi connectivity index (χ1) is 8.70. The lowest BCUT2D eigenvalue weighted by Crippen LogP contribution is -2.34. The van der Waals surface area contributed by atoms with Crippen molar-refractivity contribution in [2.45, 2.75) is 32.7 Å². The van der Waals surface area contributed by atoms with Crippen LogP contribution in [0.2, 0.25) is 0 Å². The number of rotatable bonds is 6. The summed E-state index contributed by atoms with van der Waals surface area (Å²) >= 11 is 3.53. The van der Waals surface area contributed by atoms with Gasteiger partial charge in [-0.15, -0.1) is 0 Å². The topological polar surface area (TPSA) is 12.5 Å². The van der Waals surface area contributed by atoms with Crippen molar-refractivity contribution in [1.29, 1.82) is 0 Å². The molecule has 0 spiro atoms. The summed E-state index contributed by atoms with van der Waals surface area (Å²) in [5, 5.41) is 1.04. The first-order valence-electron chi connectivity index (χ1n) is 6.75. The molecular formula is C15H22BrNO. The minimum Gasteiger partial charge on any atom is -0.493 e. The maximum Gasteiger partial charge on any atom is 0.122 e. The van der Waals surface area contributed by atoms with Gasteiger partial charge in [0.1, 0.15) is 5.75 Å². The van der Waals surface area contributed by atoms with E-state index in [9.17, 15) is 0 Å². The van der Waals surface area contributed by atoms with Gasteiger partial charge >= 0.3 is 0 Å². The zero-order valence-electron chi connectivity index (χ0n) is 11.3. The van der Waals surface area contributed by atoms with Gasteiger partial charge in [-0.2, -0.15) is 0 Å². The second-order valence-electron chi connectivity index (χ2n) is 5.11. The van der Waals surface area contributed by atoms with Crippen LogP contribution in [0.25, 0.3) is 0 Å². The molecule has 1 heterocycles. The molecule has 2 nitrogen and oxygen atoms in total. The first kappa shape index (κ1) is 13.9. The van der Waals surface area contributed by atoms with Gasteiger partial charge in [0.05, 0.1) is 6.61 Å². The van der Waals surface area contributed by atoms with E-state index in [0.717, 1.165) is 43.6 Å². The zero-order chi connectivity index (χ0) is 13.0. The Morgan fingerprint density at radius 2 is 2.17 bits per heavy atom. The Hall–Kier alpha value is -0.540. The van der Waals surface area contributed by atoms with Gasteiger partial charge in [0, 0.05) is 30.9 Å². The Labute approximate surface area is 118 Å². The highest BCUT2D eigenvalue weighted by molar-refractivity contribution is 9.09. The van der Waals surface area contributed by atoms with E-state index in [-0.39, 0.29) is 0 Å². The van der Waals surface area contributed by atoms with E-state index >= 15 is 0 Å². The molecule has 0 aliphatic carbocycles. The zero-order valence-corrected chi connectivity index (χ0v) is 12.9. The summed E-state index contributed by atoms with van der Waals surface area (Å²) in [7, 11) is 0. The summed E-state index contributed by atoms with van der Waals surface area (Å²) in [4.78, 5) is 2.51. The number of hydrogen-bond acceptors (Lipinski definition) is 2. The summed E-state index contributed by atoms with van der Waals surface area (Å²) in [5.41, 5.74) is 2.81. The van der Waals surface area contributed by atoms with Crippen LogP contribution in [0.1, 0.15) is 25.0 Å². The Kier molecular flexibility index (Phi) is 5.07. The molecule has 1 aliphatic heterocycles. The van der Waals surface area contributed by atoms with Gasteiger partial charge in [-0.05, 0) is 37.5 Å². The molecule has 0 aromatic heterocycles. The molecule has 0 N–H and O–H groups in total. The van der Waals surface area contributed by atoms with Crippen LogP contribution in [0.5, 0.6) is 5.75 Å². The van der Waals surface area contributed by atoms with Crippen molar-refractivity contribution in [1.82, 2.24) is 4.90 Å². The Morgan fingerprint density at radius 1 is 1.33 bits per heavy atom. The van der Waals surface area contributed by atoms with Gasteiger partial charge in [0.2, 0.25) is 0 Å². The van der Waals surface area contributed by atoms with E-state index < -0.39 is 0 Å². The van der Waals surface area contributed by atoms with E-state index in [1.54, 1.807) is 0 Å². The monoisotopic (exact) mass is 311 g/mol. The van der Waals surface area contributed by atoms with Crippen LogP contribution in [0.15, 0.2) is 18.2 Å². The SMILES string of the molecule is CC(C)N(CCBr)CCc1ccc2c(c1)CCO2. The number of benzene rings is 1. The lowest BCUT2D eigenvalue weighted by Gasteiger charge is -2.25. The molecule has 2 rings (SSSR count). The number of nitrogens with zero attached hydrogens (tertiary/aromatic N) is 1. The van der Waals surface area contributed by atoms with Gasteiger partial charge in [-0.1, -0.05) is 28.1 Å². The normalized spacial score (nSPS) is 14.1. The Bertz CT molecular complexity index is 392. The third-order valence-electron chi connectivity index (χ3n) is 3.54. The molecule has 0 unspecified atom stereocenters. The second kappa shape index (κ2) is 6.58. The van der Waals surface area contributed by atoms with Gasteiger partial charge in [0.25, 0.3) is 0 Å². The third-order valence-corrected chi connectivity index (χ3v) is 3.90. The van der Waals surface area contributed by atoms with E-state index in [1.807, 2.05) is 0 Å². The lowest BCUT2D eigenvalue weighted by atomic mass is 10.1. The molecule has 100 valence electrons. The molecule has 1 aromatic rings. The average Bonchev–Trinajstić information content (AvgIpc) is 2.81. The molecule has 1 aliphatic rings. The van der Waals surface area contributed by atoms with Crippen molar-refractivity contribution in [2.24, 2.45) is 0 Å². The number of ether oxygens (including phenoxy) is 1. The standard InChI is InChI=1S/C15H22BrNO/c1-12(2)17(9-7-16)8-5-13-3-4-15-14(11-13)6-10-18-15/h3-4,11-12H,5-10H2,1-2H3. The molecule has 0 fully saturated rings. The first-order valence-corrected chi connectivity index (χ1v) is 7.87. The molecule has 0 atom stereocenters. The minimum absolute atomic E-state index is 0.611. The smallest absolute Gasteiger partial charge is 0.122 e. The molecule has 3 heteroatoms. The molecule has 0 saturated carbocycles. The van der Waals surface area contributed by atoms with Crippen LogP contribution in [0.4, 0.5) is 0 Å². The summed E-state index contributed by atoms with van der Waals surface area (Å²) in [6, 6.07) is 7.26. The molecule has 0 radical (unpaired) electrons. The number of fused-ring (bicyclic) bond motifs is 1. The van der Waals surface area contributed by atoms with Crippen LogP contribution < -0.4 is 4.74 Å². The van der Waals surface area contributed by atoms with Crippen molar-refractivity contribution >= 4 is 15.9 Å². The van der Waals surface area contributed by atoms with Crippen molar-refractivity contribution in [3.63, 3.8) is 0 Å². The summed E-state index contributed by atoms with van der Waals surface area (Å²) < 4.78 is 5.54. The number of alkyl halides is 1. The van der Waals surface area contributed by atoms with Crippen molar-refractivity contribution in [3.05, 3.63) is 29.3 Å². The quantitative estimate of drug-likeness (QED) is 0.748. The van der Waals surface area contributed by atoms with Gasteiger partial charge in [-0.25, -0.2) is 0 Å². The molecule has 0 amide bonds. The van der Waals surface area contributed by atoms with E-state index in [1.165, 1.54) is 11.1 Å². The molecule has 18 heavy (non-hydrogen) atoms. The largest absolute Gasteiger partial charge is 0.493 e. The Balaban J connectivity index is 1.93. The predicted molar refractivity (Wildman–Crippen MR) is 79.8 cm³/mol. The van der Waals surface area contributed by atoms with E-state index in [4.69, 9.17) is 4.74 Å². The van der Waals surface area contributed by atoms with Gasteiger partial charge in [-0.3, -0.25) is 4.90 Å². The second-order valence-corrected chi connectivity index (χ2v) is 5.90. The summed E-state index contributed by atoms with van der Waals surface area (Å²) in [6.07, 6.45) is 2.19.